The lowest BCUT2D eigenvalue weighted by molar-refractivity contribution is -0.118. The van der Waals surface area contributed by atoms with Crippen molar-refractivity contribution < 1.29 is 9.53 Å². The van der Waals surface area contributed by atoms with Crippen LogP contribution in [0.1, 0.15) is 30.0 Å². The Bertz CT molecular complexity index is 989. The number of ether oxygens (including phenoxy) is 1. The van der Waals surface area contributed by atoms with Crippen molar-refractivity contribution in [2.24, 2.45) is 5.10 Å². The van der Waals surface area contributed by atoms with Gasteiger partial charge in [-0.25, -0.2) is 5.43 Å². The predicted octanol–water partition coefficient (Wildman–Crippen LogP) is 5.17. The second-order valence-electron chi connectivity index (χ2n) is 6.61. The molecule has 0 saturated heterocycles. The monoisotopic (exact) mass is 472 g/mol. The fourth-order valence-corrected chi connectivity index (χ4v) is 5.12. The van der Waals surface area contributed by atoms with Crippen LogP contribution in [0.2, 0.25) is 0 Å². The normalized spacial score (nSPS) is 11.0. The SMILES string of the molecule is CCCOc1ccc(C=NNC(=O)CSc2nnc(SCc3ccc(C)cc3)s2)cc1. The van der Waals surface area contributed by atoms with Crippen LogP contribution in [0.5, 0.6) is 5.75 Å². The van der Waals surface area contributed by atoms with Crippen LogP contribution >= 0.6 is 34.9 Å². The Kier molecular flexibility index (Phi) is 9.39. The maximum absolute atomic E-state index is 12.0. The molecule has 6 nitrogen and oxygen atoms in total. The number of rotatable bonds is 11. The zero-order valence-corrected chi connectivity index (χ0v) is 19.9. The van der Waals surface area contributed by atoms with Gasteiger partial charge in [0.25, 0.3) is 5.91 Å². The highest BCUT2D eigenvalue weighted by Crippen LogP contribution is 2.30. The molecule has 2 aromatic carbocycles. The number of aryl methyl sites for hydroxylation is 1. The fourth-order valence-electron chi connectivity index (χ4n) is 2.35. The van der Waals surface area contributed by atoms with E-state index in [2.05, 4.69) is 58.8 Å². The minimum atomic E-state index is -0.187. The first kappa shape index (κ1) is 23.3. The summed E-state index contributed by atoms with van der Waals surface area (Å²) in [6, 6.07) is 16.0. The first-order chi connectivity index (χ1) is 15.1. The van der Waals surface area contributed by atoms with Crippen LogP contribution < -0.4 is 10.2 Å². The molecule has 1 aromatic heterocycles. The van der Waals surface area contributed by atoms with Crippen LogP contribution in [0.15, 0.2) is 62.3 Å². The Morgan fingerprint density at radius 3 is 2.52 bits per heavy atom. The number of thioether (sulfide) groups is 2. The van der Waals surface area contributed by atoms with Crippen LogP contribution in [-0.4, -0.2) is 34.7 Å². The molecule has 0 aliphatic rings. The van der Waals surface area contributed by atoms with Gasteiger partial charge in [0.15, 0.2) is 8.68 Å². The molecule has 3 aromatic rings. The topological polar surface area (TPSA) is 76.5 Å². The van der Waals surface area contributed by atoms with E-state index in [-0.39, 0.29) is 11.7 Å². The van der Waals surface area contributed by atoms with Gasteiger partial charge in [-0.2, -0.15) is 5.10 Å². The van der Waals surface area contributed by atoms with Crippen LogP contribution in [-0.2, 0) is 10.5 Å². The highest BCUT2D eigenvalue weighted by Gasteiger charge is 2.08. The third-order valence-corrected chi connectivity index (χ3v) is 7.21. The van der Waals surface area contributed by atoms with E-state index in [1.807, 2.05) is 24.3 Å². The molecule has 0 bridgehead atoms. The second-order valence-corrected chi connectivity index (χ2v) is 10.0. The summed E-state index contributed by atoms with van der Waals surface area (Å²) in [4.78, 5) is 12.0. The van der Waals surface area contributed by atoms with Gasteiger partial charge in [0.1, 0.15) is 5.75 Å². The quantitative estimate of drug-likeness (QED) is 0.236. The van der Waals surface area contributed by atoms with Crippen molar-refractivity contribution in [2.75, 3.05) is 12.4 Å². The van der Waals surface area contributed by atoms with Crippen molar-refractivity contribution in [2.45, 2.75) is 34.7 Å². The Hall–Kier alpha value is -2.36. The maximum atomic E-state index is 12.0. The predicted molar refractivity (Wildman–Crippen MR) is 129 cm³/mol. The minimum Gasteiger partial charge on any atom is -0.494 e. The van der Waals surface area contributed by atoms with Crippen molar-refractivity contribution in [1.82, 2.24) is 15.6 Å². The lowest BCUT2D eigenvalue weighted by Gasteiger charge is -2.03. The number of aromatic nitrogens is 2. The van der Waals surface area contributed by atoms with Gasteiger partial charge in [-0.3, -0.25) is 4.79 Å². The van der Waals surface area contributed by atoms with Crippen molar-refractivity contribution >= 4 is 47.0 Å². The largest absolute Gasteiger partial charge is 0.494 e. The average molecular weight is 473 g/mol. The zero-order chi connectivity index (χ0) is 21.9. The zero-order valence-electron chi connectivity index (χ0n) is 17.4. The van der Waals surface area contributed by atoms with Crippen molar-refractivity contribution in [1.29, 1.82) is 0 Å². The summed E-state index contributed by atoms with van der Waals surface area (Å²) in [5.74, 6) is 1.72. The lowest BCUT2D eigenvalue weighted by atomic mass is 10.2. The van der Waals surface area contributed by atoms with Gasteiger partial charge in [-0.15, -0.1) is 10.2 Å². The second kappa shape index (κ2) is 12.5. The van der Waals surface area contributed by atoms with Crippen LogP contribution in [0.4, 0.5) is 0 Å². The molecule has 0 aliphatic carbocycles. The molecule has 0 aliphatic heterocycles. The summed E-state index contributed by atoms with van der Waals surface area (Å²) < 4.78 is 7.21. The molecule has 0 fully saturated rings. The summed E-state index contributed by atoms with van der Waals surface area (Å²) in [5.41, 5.74) is 5.92. The highest BCUT2D eigenvalue weighted by molar-refractivity contribution is 8.03. The summed E-state index contributed by atoms with van der Waals surface area (Å²) in [7, 11) is 0. The number of benzene rings is 2. The minimum absolute atomic E-state index is 0.187. The van der Waals surface area contributed by atoms with E-state index >= 15 is 0 Å². The van der Waals surface area contributed by atoms with E-state index in [0.717, 1.165) is 32.2 Å². The van der Waals surface area contributed by atoms with Crippen LogP contribution in [0.3, 0.4) is 0 Å². The Morgan fingerprint density at radius 2 is 1.81 bits per heavy atom. The number of hydrogen-bond acceptors (Lipinski definition) is 8. The Labute approximate surface area is 194 Å². The molecular weight excluding hydrogens is 448 g/mol. The van der Waals surface area contributed by atoms with Gasteiger partial charge in [0.2, 0.25) is 0 Å². The van der Waals surface area contributed by atoms with E-state index in [0.29, 0.717) is 6.61 Å². The van der Waals surface area contributed by atoms with Gasteiger partial charge in [-0.1, -0.05) is 71.6 Å². The summed E-state index contributed by atoms with van der Waals surface area (Å²) in [5, 5.41) is 12.4. The number of hydrazone groups is 1. The molecule has 3 rings (SSSR count). The van der Waals surface area contributed by atoms with Gasteiger partial charge in [0.05, 0.1) is 18.6 Å². The standard InChI is InChI=1S/C22H24N4O2S3/c1-3-12-28-19-10-8-17(9-11-19)13-23-24-20(27)15-30-22-26-25-21(31-22)29-14-18-6-4-16(2)5-7-18/h4-11,13H,3,12,14-15H2,1-2H3,(H,24,27). The summed E-state index contributed by atoms with van der Waals surface area (Å²) in [6.07, 6.45) is 2.58. The van der Waals surface area contributed by atoms with E-state index in [9.17, 15) is 4.79 Å². The Balaban J connectivity index is 1.37. The molecule has 0 atom stereocenters. The number of amides is 1. The molecule has 0 radical (unpaired) electrons. The molecule has 1 heterocycles. The van der Waals surface area contributed by atoms with Crippen molar-refractivity contribution in [3.05, 3.63) is 65.2 Å². The van der Waals surface area contributed by atoms with E-state index in [1.165, 1.54) is 34.2 Å². The molecule has 1 N–H and O–H groups in total. The number of carbonyl (C=O) groups is 1. The van der Waals surface area contributed by atoms with Crippen molar-refractivity contribution in [3.63, 3.8) is 0 Å². The number of carbonyl (C=O) groups excluding carboxylic acids is 1. The van der Waals surface area contributed by atoms with E-state index in [1.54, 1.807) is 18.0 Å². The maximum Gasteiger partial charge on any atom is 0.250 e. The van der Waals surface area contributed by atoms with Crippen LogP contribution in [0, 0.1) is 6.92 Å². The van der Waals surface area contributed by atoms with Gasteiger partial charge >= 0.3 is 0 Å². The number of nitrogens with zero attached hydrogens (tertiary/aromatic N) is 3. The molecule has 9 heteroatoms. The smallest absolute Gasteiger partial charge is 0.250 e. The van der Waals surface area contributed by atoms with Gasteiger partial charge in [-0.05, 0) is 48.7 Å². The van der Waals surface area contributed by atoms with E-state index < -0.39 is 0 Å². The fraction of sp³-hybridized carbons (Fsp3) is 0.273. The number of nitrogens with one attached hydrogen (secondary N) is 1. The molecule has 1 amide bonds. The molecule has 0 spiro atoms. The third-order valence-electron chi connectivity index (χ3n) is 3.95. The van der Waals surface area contributed by atoms with Crippen molar-refractivity contribution in [3.8, 4) is 5.75 Å². The van der Waals surface area contributed by atoms with Gasteiger partial charge in [0, 0.05) is 5.75 Å². The third kappa shape index (κ3) is 8.35. The molecule has 162 valence electrons. The first-order valence-electron chi connectivity index (χ1n) is 9.82. The lowest BCUT2D eigenvalue weighted by Crippen LogP contribution is -2.19. The number of hydrogen-bond donors (Lipinski definition) is 1. The van der Waals surface area contributed by atoms with Crippen LogP contribution in [0.25, 0.3) is 0 Å². The first-order valence-corrected chi connectivity index (χ1v) is 12.6. The summed E-state index contributed by atoms with van der Waals surface area (Å²) in [6.45, 7) is 4.84. The van der Waals surface area contributed by atoms with E-state index in [4.69, 9.17) is 4.74 Å². The Morgan fingerprint density at radius 1 is 1.10 bits per heavy atom. The van der Waals surface area contributed by atoms with Gasteiger partial charge < -0.3 is 4.74 Å². The molecular formula is C22H24N4O2S3. The highest BCUT2D eigenvalue weighted by atomic mass is 32.2. The molecule has 31 heavy (non-hydrogen) atoms. The average Bonchev–Trinajstić information content (AvgIpc) is 3.25. The summed E-state index contributed by atoms with van der Waals surface area (Å²) >= 11 is 4.51. The molecule has 0 unspecified atom stereocenters. The molecule has 0 saturated carbocycles.